The SMILES string of the molecule is Cc1ccc(CCC(=O)NCc2cccc(NC(=O)C3CC3)c2)cc1Cl. The van der Waals surface area contributed by atoms with Gasteiger partial charge in [0.15, 0.2) is 0 Å². The van der Waals surface area contributed by atoms with Crippen molar-refractivity contribution in [1.29, 1.82) is 0 Å². The molecule has 2 aromatic rings. The van der Waals surface area contributed by atoms with Gasteiger partial charge in [-0.25, -0.2) is 0 Å². The van der Waals surface area contributed by atoms with E-state index in [1.165, 1.54) is 0 Å². The van der Waals surface area contributed by atoms with Crippen molar-refractivity contribution in [2.75, 3.05) is 5.32 Å². The van der Waals surface area contributed by atoms with Crippen LogP contribution in [-0.4, -0.2) is 11.8 Å². The number of nitrogens with one attached hydrogen (secondary N) is 2. The zero-order valence-corrected chi connectivity index (χ0v) is 15.6. The third kappa shape index (κ3) is 5.33. The van der Waals surface area contributed by atoms with Crippen molar-refractivity contribution in [1.82, 2.24) is 5.32 Å². The van der Waals surface area contributed by atoms with Crippen LogP contribution in [0.2, 0.25) is 5.02 Å². The summed E-state index contributed by atoms with van der Waals surface area (Å²) in [5, 5.41) is 6.58. The Labute approximate surface area is 158 Å². The minimum atomic E-state index is -0.00545. The molecule has 1 fully saturated rings. The Hall–Kier alpha value is -2.33. The van der Waals surface area contributed by atoms with Crippen LogP contribution in [0.15, 0.2) is 42.5 Å². The van der Waals surface area contributed by atoms with Gasteiger partial charge in [0.05, 0.1) is 0 Å². The smallest absolute Gasteiger partial charge is 0.227 e. The van der Waals surface area contributed by atoms with E-state index in [-0.39, 0.29) is 17.7 Å². The van der Waals surface area contributed by atoms with Crippen LogP contribution >= 0.6 is 11.6 Å². The molecule has 26 heavy (non-hydrogen) atoms. The molecule has 4 nitrogen and oxygen atoms in total. The molecule has 136 valence electrons. The second-order valence-corrected chi connectivity index (χ2v) is 7.23. The predicted octanol–water partition coefficient (Wildman–Crippen LogP) is 4.25. The second-order valence-electron chi connectivity index (χ2n) is 6.82. The quantitative estimate of drug-likeness (QED) is 0.765. The molecule has 3 rings (SSSR count). The molecule has 2 N–H and O–H groups in total. The van der Waals surface area contributed by atoms with Crippen LogP contribution in [-0.2, 0) is 22.6 Å². The molecule has 1 aliphatic carbocycles. The predicted molar refractivity (Wildman–Crippen MR) is 104 cm³/mol. The number of hydrogen-bond acceptors (Lipinski definition) is 2. The van der Waals surface area contributed by atoms with Gasteiger partial charge in [-0.1, -0.05) is 35.9 Å². The normalized spacial score (nSPS) is 13.3. The van der Waals surface area contributed by atoms with Crippen molar-refractivity contribution in [3.05, 3.63) is 64.2 Å². The zero-order chi connectivity index (χ0) is 18.5. The average molecular weight is 371 g/mol. The molecule has 0 aromatic heterocycles. The van der Waals surface area contributed by atoms with Crippen LogP contribution in [0, 0.1) is 12.8 Å². The fourth-order valence-corrected chi connectivity index (χ4v) is 2.89. The largest absolute Gasteiger partial charge is 0.352 e. The monoisotopic (exact) mass is 370 g/mol. The molecule has 5 heteroatoms. The average Bonchev–Trinajstić information content (AvgIpc) is 3.46. The number of halogens is 1. The Kier molecular flexibility index (Phi) is 5.94. The van der Waals surface area contributed by atoms with Crippen LogP contribution in [0.3, 0.4) is 0 Å². The fourth-order valence-electron chi connectivity index (χ4n) is 2.69. The van der Waals surface area contributed by atoms with E-state index in [2.05, 4.69) is 10.6 Å². The highest BCUT2D eigenvalue weighted by atomic mass is 35.5. The summed E-state index contributed by atoms with van der Waals surface area (Å²) in [7, 11) is 0. The van der Waals surface area contributed by atoms with Crippen LogP contribution < -0.4 is 10.6 Å². The molecule has 0 atom stereocenters. The first-order valence-corrected chi connectivity index (χ1v) is 9.30. The van der Waals surface area contributed by atoms with Gasteiger partial charge in [-0.2, -0.15) is 0 Å². The van der Waals surface area contributed by atoms with Crippen LogP contribution in [0.1, 0.15) is 36.0 Å². The first kappa shape index (κ1) is 18.5. The Morgan fingerprint density at radius 3 is 2.65 bits per heavy atom. The first-order valence-electron chi connectivity index (χ1n) is 8.93. The van der Waals surface area contributed by atoms with Gasteiger partial charge in [0.25, 0.3) is 0 Å². The molecule has 0 unspecified atom stereocenters. The molecule has 0 heterocycles. The van der Waals surface area contributed by atoms with E-state index in [9.17, 15) is 9.59 Å². The lowest BCUT2D eigenvalue weighted by Gasteiger charge is -2.09. The topological polar surface area (TPSA) is 58.2 Å². The number of amides is 2. The first-order chi connectivity index (χ1) is 12.5. The third-order valence-electron chi connectivity index (χ3n) is 4.51. The summed E-state index contributed by atoms with van der Waals surface area (Å²) in [6, 6.07) is 13.5. The Balaban J connectivity index is 1.46. The number of benzene rings is 2. The summed E-state index contributed by atoms with van der Waals surface area (Å²) in [6.45, 7) is 2.40. The minimum absolute atomic E-state index is 0.00545. The molecule has 0 bridgehead atoms. The second kappa shape index (κ2) is 8.37. The van der Waals surface area contributed by atoms with E-state index in [0.29, 0.717) is 19.4 Å². The molecule has 0 spiro atoms. The summed E-state index contributed by atoms with van der Waals surface area (Å²) in [6.07, 6.45) is 3.03. The number of rotatable bonds is 7. The van der Waals surface area contributed by atoms with E-state index in [4.69, 9.17) is 11.6 Å². The Morgan fingerprint density at radius 2 is 1.92 bits per heavy atom. The number of anilines is 1. The Morgan fingerprint density at radius 1 is 1.12 bits per heavy atom. The Bertz CT molecular complexity index is 815. The molecule has 1 saturated carbocycles. The molecule has 2 aromatic carbocycles. The maximum absolute atomic E-state index is 12.1. The van der Waals surface area contributed by atoms with E-state index >= 15 is 0 Å². The summed E-state index contributed by atoms with van der Waals surface area (Å²) in [5.74, 6) is 0.255. The summed E-state index contributed by atoms with van der Waals surface area (Å²) in [5.41, 5.74) is 3.84. The maximum atomic E-state index is 12.1. The highest BCUT2D eigenvalue weighted by molar-refractivity contribution is 6.31. The molecular formula is C21H23ClN2O2. The van der Waals surface area contributed by atoms with E-state index < -0.39 is 0 Å². The molecule has 0 saturated heterocycles. The number of hydrogen-bond donors (Lipinski definition) is 2. The van der Waals surface area contributed by atoms with E-state index in [0.717, 1.165) is 40.2 Å². The third-order valence-corrected chi connectivity index (χ3v) is 4.92. The summed E-state index contributed by atoms with van der Waals surface area (Å²) < 4.78 is 0. The molecule has 1 aliphatic rings. The van der Waals surface area contributed by atoms with Gasteiger partial charge in [0, 0.05) is 29.6 Å². The lowest BCUT2D eigenvalue weighted by atomic mass is 10.1. The number of carbonyl (C=O) groups excluding carboxylic acids is 2. The van der Waals surface area contributed by atoms with E-state index in [1.807, 2.05) is 49.4 Å². The van der Waals surface area contributed by atoms with Crippen molar-refractivity contribution < 1.29 is 9.59 Å². The molecule has 2 amide bonds. The van der Waals surface area contributed by atoms with Crippen LogP contribution in [0.5, 0.6) is 0 Å². The minimum Gasteiger partial charge on any atom is -0.352 e. The standard InChI is InChI=1S/C21H23ClN2O2/c1-14-5-6-15(12-19(14)22)7-10-20(25)23-13-16-3-2-4-18(11-16)24-21(26)17-8-9-17/h2-6,11-12,17H,7-10,13H2,1H3,(H,23,25)(H,24,26). The van der Waals surface area contributed by atoms with Gasteiger partial charge in [-0.15, -0.1) is 0 Å². The van der Waals surface area contributed by atoms with Gasteiger partial charge in [-0.05, 0) is 61.1 Å². The van der Waals surface area contributed by atoms with E-state index in [1.54, 1.807) is 0 Å². The summed E-state index contributed by atoms with van der Waals surface area (Å²) >= 11 is 6.11. The van der Waals surface area contributed by atoms with Crippen molar-refractivity contribution in [2.24, 2.45) is 5.92 Å². The van der Waals surface area contributed by atoms with Gasteiger partial charge in [0.1, 0.15) is 0 Å². The zero-order valence-electron chi connectivity index (χ0n) is 14.8. The number of carbonyl (C=O) groups is 2. The van der Waals surface area contributed by atoms with Gasteiger partial charge in [0.2, 0.25) is 11.8 Å². The molecule has 0 aliphatic heterocycles. The lowest BCUT2D eigenvalue weighted by Crippen LogP contribution is -2.23. The lowest BCUT2D eigenvalue weighted by molar-refractivity contribution is -0.121. The van der Waals surface area contributed by atoms with Crippen molar-refractivity contribution in [2.45, 2.75) is 39.2 Å². The number of aryl methyl sites for hydroxylation is 2. The van der Waals surface area contributed by atoms with Crippen molar-refractivity contribution >= 4 is 29.1 Å². The molecule has 0 radical (unpaired) electrons. The van der Waals surface area contributed by atoms with Crippen molar-refractivity contribution in [3.63, 3.8) is 0 Å². The van der Waals surface area contributed by atoms with Gasteiger partial charge < -0.3 is 10.6 Å². The van der Waals surface area contributed by atoms with Crippen LogP contribution in [0.4, 0.5) is 5.69 Å². The highest BCUT2D eigenvalue weighted by Gasteiger charge is 2.29. The van der Waals surface area contributed by atoms with Gasteiger partial charge in [-0.3, -0.25) is 9.59 Å². The summed E-state index contributed by atoms with van der Waals surface area (Å²) in [4.78, 5) is 23.9. The molecular weight excluding hydrogens is 348 g/mol. The van der Waals surface area contributed by atoms with Gasteiger partial charge >= 0.3 is 0 Å². The highest BCUT2D eigenvalue weighted by Crippen LogP contribution is 2.30. The van der Waals surface area contributed by atoms with Crippen molar-refractivity contribution in [3.8, 4) is 0 Å². The fraction of sp³-hybridized carbons (Fsp3) is 0.333. The maximum Gasteiger partial charge on any atom is 0.227 e. The van der Waals surface area contributed by atoms with Crippen LogP contribution in [0.25, 0.3) is 0 Å².